The summed E-state index contributed by atoms with van der Waals surface area (Å²) in [6, 6.07) is 8.78. The first-order chi connectivity index (χ1) is 10.3. The Bertz CT molecular complexity index is 565. The summed E-state index contributed by atoms with van der Waals surface area (Å²) in [4.78, 5) is 5.79. The van der Waals surface area contributed by atoms with E-state index in [9.17, 15) is 0 Å². The first-order valence-electron chi connectivity index (χ1n) is 7.22. The zero-order chi connectivity index (χ0) is 14.5. The summed E-state index contributed by atoms with van der Waals surface area (Å²) < 4.78 is 5.38. The quantitative estimate of drug-likeness (QED) is 0.854. The Balaban J connectivity index is 1.66. The maximum absolute atomic E-state index is 5.38. The van der Waals surface area contributed by atoms with Crippen LogP contribution < -0.4 is 5.32 Å². The minimum absolute atomic E-state index is 0.445. The highest BCUT2D eigenvalue weighted by atomic mass is 32.2. The molecule has 0 radical (unpaired) electrons. The third-order valence-corrected chi connectivity index (χ3v) is 5.34. The van der Waals surface area contributed by atoms with Crippen LogP contribution in [0.25, 0.3) is 11.4 Å². The molecule has 1 aliphatic heterocycles. The van der Waals surface area contributed by atoms with Crippen LogP contribution in [0.15, 0.2) is 33.7 Å². The van der Waals surface area contributed by atoms with Crippen molar-refractivity contribution in [1.82, 2.24) is 15.5 Å². The number of nitrogens with zero attached hydrogens (tertiary/aromatic N) is 2. The van der Waals surface area contributed by atoms with E-state index in [4.69, 9.17) is 4.52 Å². The van der Waals surface area contributed by atoms with Gasteiger partial charge in [0.1, 0.15) is 0 Å². The second kappa shape index (κ2) is 7.33. The van der Waals surface area contributed by atoms with Gasteiger partial charge in [-0.15, -0.1) is 11.8 Å². The van der Waals surface area contributed by atoms with Crippen LogP contribution in [-0.2, 0) is 6.42 Å². The normalized spacial score (nSPS) is 18.8. The van der Waals surface area contributed by atoms with Crippen molar-refractivity contribution in [3.63, 3.8) is 0 Å². The molecule has 0 saturated carbocycles. The van der Waals surface area contributed by atoms with Crippen molar-refractivity contribution in [2.24, 2.45) is 0 Å². The molecular formula is C15H19N3OS2. The van der Waals surface area contributed by atoms with Gasteiger partial charge in [-0.1, -0.05) is 12.1 Å². The van der Waals surface area contributed by atoms with Gasteiger partial charge in [0, 0.05) is 41.0 Å². The van der Waals surface area contributed by atoms with Crippen LogP contribution in [0, 0.1) is 0 Å². The third kappa shape index (κ3) is 4.02. The van der Waals surface area contributed by atoms with E-state index in [1.807, 2.05) is 23.5 Å². The zero-order valence-corrected chi connectivity index (χ0v) is 13.7. The van der Waals surface area contributed by atoms with Gasteiger partial charge in [-0.05, 0) is 30.0 Å². The largest absolute Gasteiger partial charge is 0.339 e. The SMILES string of the molecule is CCSc1ccc(-c2noc(CC3CSCCN3)n2)cc1. The van der Waals surface area contributed by atoms with Gasteiger partial charge < -0.3 is 9.84 Å². The van der Waals surface area contributed by atoms with Crippen molar-refractivity contribution in [3.05, 3.63) is 30.2 Å². The lowest BCUT2D eigenvalue weighted by molar-refractivity contribution is 0.363. The van der Waals surface area contributed by atoms with E-state index in [1.54, 1.807) is 0 Å². The molecule has 1 aromatic carbocycles. The Morgan fingerprint density at radius 2 is 2.24 bits per heavy atom. The highest BCUT2D eigenvalue weighted by molar-refractivity contribution is 7.99. The molecule has 112 valence electrons. The standard InChI is InChI=1S/C15H19N3OS2/c1-2-21-13-5-3-11(4-6-13)15-17-14(19-18-15)9-12-10-20-8-7-16-12/h3-6,12,16H,2,7-10H2,1H3. The molecule has 2 aromatic rings. The molecule has 3 rings (SSSR count). The smallest absolute Gasteiger partial charge is 0.228 e. The minimum atomic E-state index is 0.445. The second-order valence-electron chi connectivity index (χ2n) is 4.90. The third-order valence-electron chi connectivity index (χ3n) is 3.31. The van der Waals surface area contributed by atoms with E-state index < -0.39 is 0 Å². The maximum Gasteiger partial charge on any atom is 0.228 e. The fourth-order valence-corrected chi connectivity index (χ4v) is 3.89. The van der Waals surface area contributed by atoms with Gasteiger partial charge in [0.15, 0.2) is 0 Å². The van der Waals surface area contributed by atoms with E-state index in [1.165, 1.54) is 10.6 Å². The first-order valence-corrected chi connectivity index (χ1v) is 9.36. The molecule has 6 heteroatoms. The van der Waals surface area contributed by atoms with Crippen molar-refractivity contribution in [3.8, 4) is 11.4 Å². The first kappa shape index (κ1) is 14.9. The van der Waals surface area contributed by atoms with Gasteiger partial charge in [-0.2, -0.15) is 16.7 Å². The monoisotopic (exact) mass is 321 g/mol. The van der Waals surface area contributed by atoms with E-state index in [0.717, 1.165) is 35.9 Å². The summed E-state index contributed by atoms with van der Waals surface area (Å²) in [5, 5.41) is 7.59. The van der Waals surface area contributed by atoms with Crippen LogP contribution >= 0.6 is 23.5 Å². The molecule has 21 heavy (non-hydrogen) atoms. The molecule has 0 bridgehead atoms. The minimum Gasteiger partial charge on any atom is -0.339 e. The summed E-state index contributed by atoms with van der Waals surface area (Å²) in [5.74, 6) is 4.78. The molecule has 0 amide bonds. The van der Waals surface area contributed by atoms with Gasteiger partial charge >= 0.3 is 0 Å². The highest BCUT2D eigenvalue weighted by Gasteiger charge is 2.17. The summed E-state index contributed by atoms with van der Waals surface area (Å²) in [6.45, 7) is 3.22. The van der Waals surface area contributed by atoms with Crippen LogP contribution in [0.5, 0.6) is 0 Å². The Hall–Kier alpha value is -0.980. The number of hydrogen-bond acceptors (Lipinski definition) is 6. The van der Waals surface area contributed by atoms with Crippen LogP contribution in [0.4, 0.5) is 0 Å². The summed E-state index contributed by atoms with van der Waals surface area (Å²) >= 11 is 3.81. The van der Waals surface area contributed by atoms with Crippen LogP contribution in [0.1, 0.15) is 12.8 Å². The van der Waals surface area contributed by atoms with Crippen molar-refractivity contribution in [2.75, 3.05) is 23.8 Å². The number of thioether (sulfide) groups is 2. The topological polar surface area (TPSA) is 51.0 Å². The summed E-state index contributed by atoms with van der Waals surface area (Å²) in [6.07, 6.45) is 0.809. The Labute approximate surface area is 133 Å². The molecule has 0 spiro atoms. The predicted octanol–water partition coefficient (Wildman–Crippen LogP) is 3.10. The van der Waals surface area contributed by atoms with Gasteiger partial charge in [-0.3, -0.25) is 0 Å². The van der Waals surface area contributed by atoms with E-state index in [-0.39, 0.29) is 0 Å². The summed E-state index contributed by atoms with van der Waals surface area (Å²) in [7, 11) is 0. The van der Waals surface area contributed by atoms with Crippen molar-refractivity contribution in [2.45, 2.75) is 24.3 Å². The van der Waals surface area contributed by atoms with Gasteiger partial charge in [0.2, 0.25) is 11.7 Å². The fourth-order valence-electron chi connectivity index (χ4n) is 2.28. The lowest BCUT2D eigenvalue weighted by Gasteiger charge is -2.21. The molecule has 1 saturated heterocycles. The fraction of sp³-hybridized carbons (Fsp3) is 0.467. The number of hydrogen-bond donors (Lipinski definition) is 1. The van der Waals surface area contributed by atoms with Crippen LogP contribution in [0.3, 0.4) is 0 Å². The molecule has 0 aliphatic carbocycles. The lowest BCUT2D eigenvalue weighted by Crippen LogP contribution is -2.38. The molecule has 2 heterocycles. The van der Waals surface area contributed by atoms with Crippen LogP contribution in [0.2, 0.25) is 0 Å². The van der Waals surface area contributed by atoms with Crippen molar-refractivity contribution >= 4 is 23.5 Å². The lowest BCUT2D eigenvalue weighted by atomic mass is 10.2. The van der Waals surface area contributed by atoms with Gasteiger partial charge in [0.25, 0.3) is 0 Å². The number of aromatic nitrogens is 2. The van der Waals surface area contributed by atoms with E-state index >= 15 is 0 Å². The van der Waals surface area contributed by atoms with Gasteiger partial charge in [0.05, 0.1) is 0 Å². The second-order valence-corrected chi connectivity index (χ2v) is 7.39. The molecule has 4 nitrogen and oxygen atoms in total. The van der Waals surface area contributed by atoms with Crippen LogP contribution in [-0.4, -0.2) is 40.0 Å². The number of rotatable bonds is 5. The number of benzene rings is 1. The Kier molecular flexibility index (Phi) is 5.22. The molecule has 1 aromatic heterocycles. The van der Waals surface area contributed by atoms with Gasteiger partial charge in [-0.25, -0.2) is 0 Å². The van der Waals surface area contributed by atoms with E-state index in [2.05, 4.69) is 46.6 Å². The molecular weight excluding hydrogens is 302 g/mol. The zero-order valence-electron chi connectivity index (χ0n) is 12.0. The molecule has 1 atom stereocenters. The average molecular weight is 321 g/mol. The highest BCUT2D eigenvalue weighted by Crippen LogP contribution is 2.22. The number of nitrogens with one attached hydrogen (secondary N) is 1. The molecule has 1 aliphatic rings. The Morgan fingerprint density at radius 1 is 1.38 bits per heavy atom. The molecule has 1 fully saturated rings. The maximum atomic E-state index is 5.38. The average Bonchev–Trinajstić information content (AvgIpc) is 2.98. The predicted molar refractivity (Wildman–Crippen MR) is 89.0 cm³/mol. The molecule has 1 N–H and O–H groups in total. The summed E-state index contributed by atoms with van der Waals surface area (Å²) in [5.41, 5.74) is 1.01. The van der Waals surface area contributed by atoms with E-state index in [0.29, 0.717) is 11.9 Å². The molecule has 1 unspecified atom stereocenters. The van der Waals surface area contributed by atoms with Crippen molar-refractivity contribution in [1.29, 1.82) is 0 Å². The Morgan fingerprint density at radius 3 is 2.95 bits per heavy atom. The van der Waals surface area contributed by atoms with Crippen molar-refractivity contribution < 1.29 is 4.52 Å².